The molecular formula is C31H37ClN2O3. The van der Waals surface area contributed by atoms with Gasteiger partial charge in [0.2, 0.25) is 11.8 Å². The Kier molecular flexibility index (Phi) is 10.2. The van der Waals surface area contributed by atoms with Crippen LogP contribution in [-0.2, 0) is 22.6 Å². The minimum atomic E-state index is -0.675. The molecule has 1 atom stereocenters. The van der Waals surface area contributed by atoms with Crippen molar-refractivity contribution in [3.63, 3.8) is 0 Å². The fourth-order valence-corrected chi connectivity index (χ4v) is 4.24. The molecule has 0 unspecified atom stereocenters. The van der Waals surface area contributed by atoms with Crippen molar-refractivity contribution in [3.8, 4) is 5.75 Å². The summed E-state index contributed by atoms with van der Waals surface area (Å²) < 4.78 is 5.83. The summed E-state index contributed by atoms with van der Waals surface area (Å²) in [6.07, 6.45) is 1.22. The summed E-state index contributed by atoms with van der Waals surface area (Å²) in [5, 5.41) is 3.67. The number of benzene rings is 3. The largest absolute Gasteiger partial charge is 0.494 e. The Balaban J connectivity index is 1.81. The van der Waals surface area contributed by atoms with Crippen molar-refractivity contribution in [2.75, 3.05) is 6.61 Å². The van der Waals surface area contributed by atoms with Crippen LogP contribution in [0.3, 0.4) is 0 Å². The molecule has 5 nitrogen and oxygen atoms in total. The Bertz CT molecular complexity index is 1160. The van der Waals surface area contributed by atoms with Gasteiger partial charge in [0.15, 0.2) is 0 Å². The van der Waals surface area contributed by atoms with Crippen molar-refractivity contribution >= 4 is 23.4 Å². The maximum Gasteiger partial charge on any atom is 0.243 e. The van der Waals surface area contributed by atoms with Gasteiger partial charge in [-0.1, -0.05) is 71.8 Å². The van der Waals surface area contributed by atoms with E-state index in [1.807, 2.05) is 100 Å². The van der Waals surface area contributed by atoms with E-state index in [1.165, 1.54) is 0 Å². The third-order valence-corrected chi connectivity index (χ3v) is 6.07. The number of carbonyl (C=O) groups excluding carboxylic acids is 2. The van der Waals surface area contributed by atoms with Gasteiger partial charge in [0, 0.05) is 29.9 Å². The molecule has 37 heavy (non-hydrogen) atoms. The molecule has 196 valence electrons. The molecule has 0 aliphatic heterocycles. The highest BCUT2D eigenvalue weighted by Crippen LogP contribution is 2.20. The summed E-state index contributed by atoms with van der Waals surface area (Å²) in [4.78, 5) is 28.9. The molecule has 1 N–H and O–H groups in total. The number of halogens is 1. The number of hydrogen-bond acceptors (Lipinski definition) is 3. The SMILES string of the molecule is Cc1ccc(OCCCC(=O)N(Cc2cccc(Cl)c2)[C@H](Cc2ccccc2)C(=O)NC(C)(C)C)cc1. The van der Waals surface area contributed by atoms with E-state index in [0.717, 1.165) is 22.4 Å². The fraction of sp³-hybridized carbons (Fsp3) is 0.355. The third kappa shape index (κ3) is 9.58. The van der Waals surface area contributed by atoms with Crippen molar-refractivity contribution in [2.24, 2.45) is 0 Å². The zero-order valence-corrected chi connectivity index (χ0v) is 22.9. The molecule has 6 heteroatoms. The number of hydrogen-bond donors (Lipinski definition) is 1. The van der Waals surface area contributed by atoms with Crippen LogP contribution in [0, 0.1) is 6.92 Å². The van der Waals surface area contributed by atoms with Gasteiger partial charge in [0.1, 0.15) is 11.8 Å². The van der Waals surface area contributed by atoms with Gasteiger partial charge in [0.05, 0.1) is 6.61 Å². The minimum absolute atomic E-state index is 0.0996. The predicted octanol–water partition coefficient (Wildman–Crippen LogP) is 6.36. The highest BCUT2D eigenvalue weighted by Gasteiger charge is 2.32. The highest BCUT2D eigenvalue weighted by atomic mass is 35.5. The first kappa shape index (κ1) is 28.3. The summed E-state index contributed by atoms with van der Waals surface area (Å²) in [5.74, 6) is 0.500. The number of aryl methyl sites for hydroxylation is 1. The summed E-state index contributed by atoms with van der Waals surface area (Å²) in [6, 6.07) is 24.4. The average Bonchev–Trinajstić information content (AvgIpc) is 2.84. The molecule has 0 fully saturated rings. The number of nitrogens with one attached hydrogen (secondary N) is 1. The van der Waals surface area contributed by atoms with Gasteiger partial charge in [-0.2, -0.15) is 0 Å². The van der Waals surface area contributed by atoms with Crippen LogP contribution in [0.4, 0.5) is 0 Å². The Morgan fingerprint density at radius 2 is 1.62 bits per heavy atom. The van der Waals surface area contributed by atoms with E-state index in [0.29, 0.717) is 24.5 Å². The summed E-state index contributed by atoms with van der Waals surface area (Å²) in [5.41, 5.74) is 2.59. The molecule has 2 amide bonds. The second-order valence-electron chi connectivity index (χ2n) is 10.4. The van der Waals surface area contributed by atoms with Gasteiger partial charge in [0.25, 0.3) is 0 Å². The molecule has 3 rings (SSSR count). The van der Waals surface area contributed by atoms with Crippen LogP contribution >= 0.6 is 11.6 Å². The topological polar surface area (TPSA) is 58.6 Å². The predicted molar refractivity (Wildman–Crippen MR) is 150 cm³/mol. The van der Waals surface area contributed by atoms with Crippen LogP contribution in [0.2, 0.25) is 5.02 Å². The van der Waals surface area contributed by atoms with Crippen molar-refractivity contribution in [2.45, 2.75) is 65.1 Å². The van der Waals surface area contributed by atoms with E-state index < -0.39 is 11.6 Å². The maximum absolute atomic E-state index is 13.6. The molecule has 0 saturated carbocycles. The smallest absolute Gasteiger partial charge is 0.243 e. The molecule has 3 aromatic carbocycles. The molecule has 3 aromatic rings. The lowest BCUT2D eigenvalue weighted by Crippen LogP contribution is -2.54. The first-order valence-electron chi connectivity index (χ1n) is 12.7. The van der Waals surface area contributed by atoms with Crippen LogP contribution in [0.25, 0.3) is 0 Å². The molecule has 0 aliphatic rings. The molecule has 0 aromatic heterocycles. The van der Waals surface area contributed by atoms with Gasteiger partial charge in [-0.25, -0.2) is 0 Å². The summed E-state index contributed by atoms with van der Waals surface area (Å²) in [7, 11) is 0. The normalized spacial score (nSPS) is 12.0. The molecule has 0 radical (unpaired) electrons. The lowest BCUT2D eigenvalue weighted by molar-refractivity contribution is -0.142. The van der Waals surface area contributed by atoms with Crippen LogP contribution in [0.15, 0.2) is 78.9 Å². The Morgan fingerprint density at radius 1 is 0.946 bits per heavy atom. The van der Waals surface area contributed by atoms with Gasteiger partial charge in [-0.05, 0) is 69.5 Å². The molecule has 0 saturated heterocycles. The van der Waals surface area contributed by atoms with Crippen molar-refractivity contribution < 1.29 is 14.3 Å². The van der Waals surface area contributed by atoms with E-state index in [9.17, 15) is 9.59 Å². The highest BCUT2D eigenvalue weighted by molar-refractivity contribution is 6.30. The fourth-order valence-electron chi connectivity index (χ4n) is 4.03. The first-order chi connectivity index (χ1) is 17.6. The molecular weight excluding hydrogens is 484 g/mol. The molecule has 0 heterocycles. The second-order valence-corrected chi connectivity index (χ2v) is 10.8. The van der Waals surface area contributed by atoms with E-state index in [4.69, 9.17) is 16.3 Å². The molecule has 0 spiro atoms. The van der Waals surface area contributed by atoms with Gasteiger partial charge in [-0.3, -0.25) is 9.59 Å². The zero-order valence-electron chi connectivity index (χ0n) is 22.2. The second kappa shape index (κ2) is 13.3. The van der Waals surface area contributed by atoms with Crippen molar-refractivity contribution in [1.29, 1.82) is 0 Å². The maximum atomic E-state index is 13.6. The summed E-state index contributed by atoms with van der Waals surface area (Å²) in [6.45, 7) is 8.55. The minimum Gasteiger partial charge on any atom is -0.494 e. The quantitative estimate of drug-likeness (QED) is 0.299. The lowest BCUT2D eigenvalue weighted by Gasteiger charge is -2.34. The van der Waals surface area contributed by atoms with Gasteiger partial charge in [-0.15, -0.1) is 0 Å². The monoisotopic (exact) mass is 520 g/mol. The van der Waals surface area contributed by atoms with E-state index in [2.05, 4.69) is 5.32 Å². The first-order valence-corrected chi connectivity index (χ1v) is 13.1. The van der Waals surface area contributed by atoms with E-state index in [1.54, 1.807) is 11.0 Å². The Hall–Kier alpha value is -3.31. The number of amides is 2. The van der Waals surface area contributed by atoms with Crippen molar-refractivity contribution in [3.05, 3.63) is 101 Å². The molecule has 0 aliphatic carbocycles. The number of nitrogens with zero attached hydrogens (tertiary/aromatic N) is 1. The van der Waals surface area contributed by atoms with Crippen molar-refractivity contribution in [1.82, 2.24) is 10.2 Å². The number of carbonyl (C=O) groups is 2. The van der Waals surface area contributed by atoms with Crippen LogP contribution in [-0.4, -0.2) is 34.9 Å². The Labute approximate surface area is 225 Å². The van der Waals surface area contributed by atoms with Gasteiger partial charge < -0.3 is 15.0 Å². The lowest BCUT2D eigenvalue weighted by atomic mass is 10.00. The summed E-state index contributed by atoms with van der Waals surface area (Å²) >= 11 is 6.24. The van der Waals surface area contributed by atoms with Gasteiger partial charge >= 0.3 is 0 Å². The van der Waals surface area contributed by atoms with Crippen LogP contribution < -0.4 is 10.1 Å². The standard InChI is InChI=1S/C31H37ClN2O3/c1-23-15-17-27(18-16-23)37-19-9-14-29(35)34(22-25-12-8-13-26(32)20-25)28(30(36)33-31(2,3)4)21-24-10-6-5-7-11-24/h5-8,10-13,15-18,20,28H,9,14,19,21-22H2,1-4H3,(H,33,36)/t28-/m1/s1. The van der Waals surface area contributed by atoms with E-state index >= 15 is 0 Å². The number of rotatable bonds is 11. The average molecular weight is 521 g/mol. The van der Waals surface area contributed by atoms with Crippen LogP contribution in [0.5, 0.6) is 5.75 Å². The Morgan fingerprint density at radius 3 is 2.27 bits per heavy atom. The molecule has 0 bridgehead atoms. The van der Waals surface area contributed by atoms with Crippen LogP contribution in [0.1, 0.15) is 50.3 Å². The zero-order chi connectivity index (χ0) is 26.8. The number of ether oxygens (including phenoxy) is 1. The van der Waals surface area contributed by atoms with E-state index in [-0.39, 0.29) is 24.8 Å². The third-order valence-electron chi connectivity index (χ3n) is 5.84.